The number of nitrogens with one attached hydrogen (secondary N) is 1. The molecule has 2 amide bonds. The highest BCUT2D eigenvalue weighted by atomic mass is 32.1. The number of aryl methyl sites for hydroxylation is 1. The van der Waals surface area contributed by atoms with Gasteiger partial charge in [-0.2, -0.15) is 0 Å². The van der Waals surface area contributed by atoms with Crippen LogP contribution >= 0.6 is 11.3 Å². The Morgan fingerprint density at radius 2 is 2.15 bits per heavy atom. The van der Waals surface area contributed by atoms with Crippen LogP contribution in [0.3, 0.4) is 0 Å². The van der Waals surface area contributed by atoms with Gasteiger partial charge in [0.05, 0.1) is 10.7 Å². The lowest BCUT2D eigenvalue weighted by molar-refractivity contribution is -0.150. The van der Waals surface area contributed by atoms with E-state index in [0.717, 1.165) is 10.7 Å². The Morgan fingerprint density at radius 3 is 2.70 bits per heavy atom. The summed E-state index contributed by atoms with van der Waals surface area (Å²) < 4.78 is 0. The zero-order chi connectivity index (χ0) is 14.9. The van der Waals surface area contributed by atoms with Gasteiger partial charge in [-0.3, -0.25) is 9.59 Å². The van der Waals surface area contributed by atoms with Crippen molar-refractivity contribution >= 4 is 23.2 Å². The zero-order valence-electron chi connectivity index (χ0n) is 12.3. The standard InChI is InChI=1S/C14H21N3O2S/c1-8(2)12-13(18)15-9(3)14(19)17(12)6-5-11-7-20-10(4)16-11/h7-9,12H,5-6H2,1-4H3,(H,15,18). The summed E-state index contributed by atoms with van der Waals surface area (Å²) in [7, 11) is 0. The van der Waals surface area contributed by atoms with Gasteiger partial charge >= 0.3 is 0 Å². The Hall–Kier alpha value is -1.43. The van der Waals surface area contributed by atoms with E-state index in [9.17, 15) is 9.59 Å². The van der Waals surface area contributed by atoms with Crippen LogP contribution in [-0.2, 0) is 16.0 Å². The molecular weight excluding hydrogens is 274 g/mol. The lowest BCUT2D eigenvalue weighted by atomic mass is 9.97. The first-order chi connectivity index (χ1) is 9.40. The molecule has 0 aromatic carbocycles. The van der Waals surface area contributed by atoms with E-state index >= 15 is 0 Å². The van der Waals surface area contributed by atoms with Crippen LogP contribution in [0.1, 0.15) is 31.5 Å². The molecule has 110 valence electrons. The summed E-state index contributed by atoms with van der Waals surface area (Å²) in [4.78, 5) is 30.5. The number of thiazole rings is 1. The first-order valence-corrected chi connectivity index (χ1v) is 7.80. The third kappa shape index (κ3) is 3.00. The monoisotopic (exact) mass is 295 g/mol. The Balaban J connectivity index is 2.11. The molecule has 0 spiro atoms. The van der Waals surface area contributed by atoms with E-state index in [1.165, 1.54) is 0 Å². The Kier molecular flexibility index (Phi) is 4.42. The third-order valence-corrected chi connectivity index (χ3v) is 4.35. The van der Waals surface area contributed by atoms with Crippen LogP contribution in [0.25, 0.3) is 0 Å². The number of nitrogens with zero attached hydrogens (tertiary/aromatic N) is 2. The van der Waals surface area contributed by atoms with Crippen molar-refractivity contribution in [1.82, 2.24) is 15.2 Å². The molecule has 2 rings (SSSR count). The Morgan fingerprint density at radius 1 is 1.45 bits per heavy atom. The van der Waals surface area contributed by atoms with Crippen LogP contribution in [0.2, 0.25) is 0 Å². The van der Waals surface area contributed by atoms with Gasteiger partial charge in [0.2, 0.25) is 11.8 Å². The molecule has 0 radical (unpaired) electrons. The molecule has 6 heteroatoms. The van der Waals surface area contributed by atoms with E-state index in [1.54, 1.807) is 23.2 Å². The van der Waals surface area contributed by atoms with Crippen LogP contribution < -0.4 is 5.32 Å². The molecule has 1 N–H and O–H groups in total. The fraction of sp³-hybridized carbons (Fsp3) is 0.643. The largest absolute Gasteiger partial charge is 0.343 e. The smallest absolute Gasteiger partial charge is 0.245 e. The topological polar surface area (TPSA) is 62.3 Å². The van der Waals surface area contributed by atoms with Crippen molar-refractivity contribution in [3.63, 3.8) is 0 Å². The highest BCUT2D eigenvalue weighted by Crippen LogP contribution is 2.18. The van der Waals surface area contributed by atoms with E-state index < -0.39 is 6.04 Å². The molecule has 1 fully saturated rings. The molecule has 2 atom stereocenters. The van der Waals surface area contributed by atoms with Crippen LogP contribution in [0, 0.1) is 12.8 Å². The van der Waals surface area contributed by atoms with Crippen molar-refractivity contribution < 1.29 is 9.59 Å². The maximum Gasteiger partial charge on any atom is 0.245 e. The van der Waals surface area contributed by atoms with Gasteiger partial charge in [-0.1, -0.05) is 13.8 Å². The molecule has 20 heavy (non-hydrogen) atoms. The molecule has 0 bridgehead atoms. The molecule has 0 aliphatic carbocycles. The minimum atomic E-state index is -0.435. The molecule has 2 heterocycles. The van der Waals surface area contributed by atoms with E-state index in [0.29, 0.717) is 13.0 Å². The quantitative estimate of drug-likeness (QED) is 0.912. The number of carbonyl (C=O) groups is 2. The lowest BCUT2D eigenvalue weighted by Crippen LogP contribution is -2.64. The van der Waals surface area contributed by atoms with Crippen LogP contribution in [0.4, 0.5) is 0 Å². The summed E-state index contributed by atoms with van der Waals surface area (Å²) in [5, 5.41) is 5.79. The molecular formula is C14H21N3O2S. The molecule has 1 aromatic heterocycles. The fourth-order valence-electron chi connectivity index (χ4n) is 2.56. The second-order valence-electron chi connectivity index (χ2n) is 5.56. The fourth-order valence-corrected chi connectivity index (χ4v) is 3.20. The molecule has 1 aliphatic rings. The summed E-state index contributed by atoms with van der Waals surface area (Å²) in [5.74, 6) is 0.0421. The average molecular weight is 295 g/mol. The molecule has 1 aromatic rings. The maximum atomic E-state index is 12.3. The minimum Gasteiger partial charge on any atom is -0.343 e. The van der Waals surface area contributed by atoms with E-state index in [4.69, 9.17) is 0 Å². The summed E-state index contributed by atoms with van der Waals surface area (Å²) in [6.45, 7) is 8.17. The van der Waals surface area contributed by atoms with Gasteiger partial charge in [0.1, 0.15) is 12.1 Å². The van der Waals surface area contributed by atoms with E-state index in [1.807, 2.05) is 26.2 Å². The second kappa shape index (κ2) is 5.91. The maximum absolute atomic E-state index is 12.3. The average Bonchev–Trinajstić information content (AvgIpc) is 2.77. The van der Waals surface area contributed by atoms with Crippen LogP contribution in [0.5, 0.6) is 0 Å². The highest BCUT2D eigenvalue weighted by Gasteiger charge is 2.39. The summed E-state index contributed by atoms with van der Waals surface area (Å²) >= 11 is 1.61. The number of amides is 2. The van der Waals surface area contributed by atoms with Gasteiger partial charge in [0, 0.05) is 18.3 Å². The summed E-state index contributed by atoms with van der Waals surface area (Å²) in [6.07, 6.45) is 0.694. The van der Waals surface area contributed by atoms with Crippen LogP contribution in [0.15, 0.2) is 5.38 Å². The molecule has 1 aliphatic heterocycles. The first-order valence-electron chi connectivity index (χ1n) is 6.92. The number of hydrogen-bond acceptors (Lipinski definition) is 4. The lowest BCUT2D eigenvalue weighted by Gasteiger charge is -2.39. The van der Waals surface area contributed by atoms with Gasteiger partial charge < -0.3 is 10.2 Å². The van der Waals surface area contributed by atoms with Crippen molar-refractivity contribution in [3.8, 4) is 0 Å². The first kappa shape index (κ1) is 15.0. The second-order valence-corrected chi connectivity index (χ2v) is 6.62. The summed E-state index contributed by atoms with van der Waals surface area (Å²) in [6, 6.07) is -0.812. The highest BCUT2D eigenvalue weighted by molar-refractivity contribution is 7.09. The van der Waals surface area contributed by atoms with Crippen molar-refractivity contribution in [2.75, 3.05) is 6.54 Å². The number of carbonyl (C=O) groups excluding carboxylic acids is 2. The molecule has 5 nitrogen and oxygen atoms in total. The predicted octanol–water partition coefficient (Wildman–Crippen LogP) is 1.37. The van der Waals surface area contributed by atoms with Crippen molar-refractivity contribution in [2.45, 2.75) is 46.2 Å². The molecule has 1 saturated heterocycles. The van der Waals surface area contributed by atoms with E-state index in [2.05, 4.69) is 10.3 Å². The number of rotatable bonds is 4. The number of piperazine rings is 1. The zero-order valence-corrected chi connectivity index (χ0v) is 13.2. The van der Waals surface area contributed by atoms with Gasteiger partial charge in [-0.15, -0.1) is 11.3 Å². The van der Waals surface area contributed by atoms with Gasteiger partial charge in [0.15, 0.2) is 0 Å². The van der Waals surface area contributed by atoms with Crippen molar-refractivity contribution in [3.05, 3.63) is 16.1 Å². The van der Waals surface area contributed by atoms with Gasteiger partial charge in [0.25, 0.3) is 0 Å². The van der Waals surface area contributed by atoms with E-state index in [-0.39, 0.29) is 23.8 Å². The molecule has 2 unspecified atom stereocenters. The summed E-state index contributed by atoms with van der Waals surface area (Å²) in [5.41, 5.74) is 0.987. The van der Waals surface area contributed by atoms with Gasteiger partial charge in [-0.25, -0.2) is 4.98 Å². The normalized spacial score (nSPS) is 23.4. The number of hydrogen-bond donors (Lipinski definition) is 1. The Bertz CT molecular complexity index is 512. The van der Waals surface area contributed by atoms with Crippen molar-refractivity contribution in [1.29, 1.82) is 0 Å². The third-order valence-electron chi connectivity index (χ3n) is 3.52. The Labute approximate surface area is 123 Å². The molecule has 0 saturated carbocycles. The number of aromatic nitrogens is 1. The van der Waals surface area contributed by atoms with Crippen LogP contribution in [-0.4, -0.2) is 40.3 Å². The predicted molar refractivity (Wildman–Crippen MR) is 78.5 cm³/mol. The SMILES string of the molecule is Cc1nc(CCN2C(=O)C(C)NC(=O)C2C(C)C)cs1. The van der Waals surface area contributed by atoms with Crippen molar-refractivity contribution in [2.24, 2.45) is 5.92 Å². The van der Waals surface area contributed by atoms with Gasteiger partial charge in [-0.05, 0) is 19.8 Å². The minimum absolute atomic E-state index is 0.00440.